The highest BCUT2D eigenvalue weighted by atomic mass is 35.5. The van der Waals surface area contributed by atoms with Crippen LogP contribution >= 0.6 is 23.8 Å². The van der Waals surface area contributed by atoms with E-state index in [1.165, 1.54) is 24.4 Å². The van der Waals surface area contributed by atoms with Crippen molar-refractivity contribution < 1.29 is 14.3 Å². The molecule has 0 saturated carbocycles. The maximum atomic E-state index is 10.9. The molecule has 0 aliphatic heterocycles. The van der Waals surface area contributed by atoms with E-state index in [9.17, 15) is 9.90 Å². The third-order valence-electron chi connectivity index (χ3n) is 2.79. The number of carboxylic acid groups (broad SMARTS) is 1. The Bertz CT molecular complexity index is 758. The average Bonchev–Trinajstić information content (AvgIpc) is 2.96. The predicted molar refractivity (Wildman–Crippen MR) is 90.5 cm³/mol. The van der Waals surface area contributed by atoms with Crippen LogP contribution in [0.5, 0.6) is 0 Å². The van der Waals surface area contributed by atoms with Crippen LogP contribution in [0, 0.1) is 0 Å². The van der Waals surface area contributed by atoms with Crippen molar-refractivity contribution in [2.24, 2.45) is 5.10 Å². The number of carbonyl (C=O) groups is 1. The van der Waals surface area contributed by atoms with Crippen molar-refractivity contribution in [3.8, 4) is 11.3 Å². The third-order valence-corrected chi connectivity index (χ3v) is 3.35. The lowest BCUT2D eigenvalue weighted by Crippen LogP contribution is -2.31. The van der Waals surface area contributed by atoms with Crippen molar-refractivity contribution >= 4 is 41.1 Å². The van der Waals surface area contributed by atoms with E-state index in [0.717, 1.165) is 0 Å². The van der Waals surface area contributed by atoms with Crippen molar-refractivity contribution in [3.05, 3.63) is 46.7 Å². The first-order chi connectivity index (χ1) is 11.0. The Morgan fingerprint density at radius 1 is 1.43 bits per heavy atom. The van der Waals surface area contributed by atoms with Crippen LogP contribution in [0.25, 0.3) is 11.3 Å². The summed E-state index contributed by atoms with van der Waals surface area (Å²) in [5.74, 6) is -0.395. The summed E-state index contributed by atoms with van der Waals surface area (Å²) < 4.78 is 5.58. The highest BCUT2D eigenvalue weighted by Crippen LogP contribution is 2.30. The highest BCUT2D eigenvalue weighted by molar-refractivity contribution is 7.80. The number of hydrazone groups is 1. The van der Waals surface area contributed by atoms with E-state index in [4.69, 9.17) is 28.2 Å². The Morgan fingerprint density at radius 3 is 2.91 bits per heavy atom. The Hall–Kier alpha value is -2.38. The first kappa shape index (κ1) is 17.0. The van der Waals surface area contributed by atoms with Gasteiger partial charge in [-0.3, -0.25) is 5.43 Å². The minimum absolute atomic E-state index is 0.0219. The largest absolute Gasteiger partial charge is 0.545 e. The van der Waals surface area contributed by atoms with Crippen molar-refractivity contribution in [1.29, 1.82) is 0 Å². The first-order valence-electron chi connectivity index (χ1n) is 6.69. The molecule has 0 fully saturated rings. The van der Waals surface area contributed by atoms with Gasteiger partial charge in [0.15, 0.2) is 5.11 Å². The van der Waals surface area contributed by atoms with Crippen LogP contribution < -0.4 is 15.8 Å². The summed E-state index contributed by atoms with van der Waals surface area (Å²) in [6.07, 6.45) is 1.45. The van der Waals surface area contributed by atoms with Gasteiger partial charge in [-0.05, 0) is 49.0 Å². The quantitative estimate of drug-likeness (QED) is 0.485. The normalized spacial score (nSPS) is 10.7. The maximum absolute atomic E-state index is 10.9. The molecule has 6 nitrogen and oxygen atoms in total. The fourth-order valence-corrected chi connectivity index (χ4v) is 2.17. The van der Waals surface area contributed by atoms with Crippen LogP contribution in [-0.2, 0) is 0 Å². The molecular formula is C15H13ClN3O3S-. The molecule has 0 unspecified atom stereocenters. The lowest BCUT2D eigenvalue weighted by Gasteiger charge is -2.06. The van der Waals surface area contributed by atoms with E-state index in [1.54, 1.807) is 12.1 Å². The standard InChI is InChI=1S/C15H14ClN3O3S/c1-2-17-15(23)19-18-8-10-4-6-13(22-10)11-7-9(14(20)21)3-5-12(11)16/h3-8H,2H2,1H3,(H,20,21)(H2,17,19,23)/p-1/b18-8+. The number of carbonyl (C=O) groups excluding carboxylic acids is 1. The number of furan rings is 1. The van der Waals surface area contributed by atoms with Gasteiger partial charge < -0.3 is 19.6 Å². The highest BCUT2D eigenvalue weighted by Gasteiger charge is 2.09. The Morgan fingerprint density at radius 2 is 2.22 bits per heavy atom. The molecule has 1 heterocycles. The topological polar surface area (TPSA) is 89.7 Å². The van der Waals surface area contributed by atoms with E-state index in [2.05, 4.69) is 15.8 Å². The van der Waals surface area contributed by atoms with E-state index in [0.29, 0.717) is 33.8 Å². The number of aromatic carboxylic acids is 1. The van der Waals surface area contributed by atoms with Gasteiger partial charge in [0.2, 0.25) is 0 Å². The van der Waals surface area contributed by atoms with Crippen molar-refractivity contribution in [2.45, 2.75) is 6.92 Å². The summed E-state index contributed by atoms with van der Waals surface area (Å²) in [6, 6.07) is 7.60. The number of nitrogens with one attached hydrogen (secondary N) is 2. The molecule has 2 aromatic rings. The zero-order valence-electron chi connectivity index (χ0n) is 12.1. The van der Waals surface area contributed by atoms with Crippen molar-refractivity contribution in [3.63, 3.8) is 0 Å². The number of nitrogens with zero attached hydrogens (tertiary/aromatic N) is 1. The number of carboxylic acids is 1. The zero-order valence-corrected chi connectivity index (χ0v) is 13.7. The van der Waals surface area contributed by atoms with Gasteiger partial charge in [0, 0.05) is 12.1 Å². The summed E-state index contributed by atoms with van der Waals surface area (Å²) in [5.41, 5.74) is 3.12. The van der Waals surface area contributed by atoms with E-state index in [1.807, 2.05) is 6.92 Å². The summed E-state index contributed by atoms with van der Waals surface area (Å²) >= 11 is 11.0. The fourth-order valence-electron chi connectivity index (χ4n) is 1.76. The Kier molecular flexibility index (Phi) is 5.72. The Balaban J connectivity index is 2.16. The van der Waals surface area contributed by atoms with Crippen LogP contribution in [0.1, 0.15) is 23.0 Å². The lowest BCUT2D eigenvalue weighted by atomic mass is 10.1. The molecule has 0 aliphatic carbocycles. The molecule has 23 heavy (non-hydrogen) atoms. The van der Waals surface area contributed by atoms with Crippen LogP contribution in [0.4, 0.5) is 0 Å². The maximum Gasteiger partial charge on any atom is 0.186 e. The van der Waals surface area contributed by atoms with E-state index < -0.39 is 5.97 Å². The minimum Gasteiger partial charge on any atom is -0.545 e. The molecule has 2 rings (SSSR count). The summed E-state index contributed by atoms with van der Waals surface area (Å²) in [5, 5.41) is 18.5. The number of benzene rings is 1. The predicted octanol–water partition coefficient (Wildman–Crippen LogP) is 1.78. The molecule has 0 aliphatic rings. The number of hydrogen-bond donors (Lipinski definition) is 2. The minimum atomic E-state index is -1.28. The molecule has 8 heteroatoms. The van der Waals surface area contributed by atoms with Gasteiger partial charge >= 0.3 is 0 Å². The van der Waals surface area contributed by atoms with Gasteiger partial charge in [-0.15, -0.1) is 0 Å². The summed E-state index contributed by atoms with van der Waals surface area (Å²) in [4.78, 5) is 10.9. The molecule has 120 valence electrons. The summed E-state index contributed by atoms with van der Waals surface area (Å²) in [7, 11) is 0. The van der Waals surface area contributed by atoms with Crippen molar-refractivity contribution in [1.82, 2.24) is 10.7 Å². The second-order valence-electron chi connectivity index (χ2n) is 4.41. The smallest absolute Gasteiger partial charge is 0.186 e. The van der Waals surface area contributed by atoms with E-state index in [-0.39, 0.29) is 5.56 Å². The van der Waals surface area contributed by atoms with Gasteiger partial charge in [0.25, 0.3) is 0 Å². The molecular weight excluding hydrogens is 338 g/mol. The van der Waals surface area contributed by atoms with Crippen LogP contribution in [-0.4, -0.2) is 23.8 Å². The van der Waals surface area contributed by atoms with Gasteiger partial charge in [-0.1, -0.05) is 17.7 Å². The van der Waals surface area contributed by atoms with Crippen LogP contribution in [0.15, 0.2) is 39.9 Å². The monoisotopic (exact) mass is 350 g/mol. The molecule has 2 N–H and O–H groups in total. The molecule has 0 atom stereocenters. The van der Waals surface area contributed by atoms with Gasteiger partial charge in [-0.2, -0.15) is 5.10 Å². The number of thiocarbonyl (C=S) groups is 1. The number of rotatable bonds is 5. The average molecular weight is 351 g/mol. The van der Waals surface area contributed by atoms with E-state index >= 15 is 0 Å². The summed E-state index contributed by atoms with van der Waals surface area (Å²) in [6.45, 7) is 2.61. The zero-order chi connectivity index (χ0) is 16.8. The molecule has 0 bridgehead atoms. The Labute approximate surface area is 143 Å². The molecule has 0 spiro atoms. The van der Waals surface area contributed by atoms with Gasteiger partial charge in [-0.25, -0.2) is 0 Å². The van der Waals surface area contributed by atoms with Crippen LogP contribution in [0.2, 0.25) is 5.02 Å². The molecule has 0 amide bonds. The second kappa shape index (κ2) is 7.75. The second-order valence-corrected chi connectivity index (χ2v) is 5.23. The molecule has 1 aromatic heterocycles. The van der Waals surface area contributed by atoms with Crippen molar-refractivity contribution in [2.75, 3.05) is 6.54 Å². The molecule has 0 saturated heterocycles. The third kappa shape index (κ3) is 4.54. The SMILES string of the molecule is CCNC(=S)N/N=C/c1ccc(-c2cc(C(=O)[O-])ccc2Cl)o1. The first-order valence-corrected chi connectivity index (χ1v) is 7.48. The molecule has 1 aromatic carbocycles. The number of halogens is 1. The molecule has 0 radical (unpaired) electrons. The lowest BCUT2D eigenvalue weighted by molar-refractivity contribution is -0.255. The van der Waals surface area contributed by atoms with Crippen LogP contribution in [0.3, 0.4) is 0 Å². The number of hydrogen-bond acceptors (Lipinski definition) is 5. The van der Waals surface area contributed by atoms with Gasteiger partial charge in [0.1, 0.15) is 11.5 Å². The van der Waals surface area contributed by atoms with Gasteiger partial charge in [0.05, 0.1) is 17.2 Å². The fraction of sp³-hybridized carbons (Fsp3) is 0.133.